The minimum Gasteiger partial charge on any atom is -0.368 e. The van der Waals surface area contributed by atoms with Crippen LogP contribution in [0.5, 0.6) is 0 Å². The van der Waals surface area contributed by atoms with Crippen molar-refractivity contribution in [3.05, 3.63) is 71.9 Å². The van der Waals surface area contributed by atoms with Crippen molar-refractivity contribution in [2.75, 3.05) is 10.6 Å². The Hall–Kier alpha value is -3.54. The Kier molecular flexibility index (Phi) is 5.79. The second-order valence-electron chi connectivity index (χ2n) is 6.72. The Morgan fingerprint density at radius 1 is 0.929 bits per heavy atom. The van der Waals surface area contributed by atoms with Gasteiger partial charge in [0.1, 0.15) is 11.5 Å². The Bertz CT molecular complexity index is 1000. The number of hydrogen-bond acceptors (Lipinski definition) is 5. The highest BCUT2D eigenvalue weighted by atomic mass is 16.2. The number of carbonyl (C=O) groups is 2. The van der Waals surface area contributed by atoms with Crippen LogP contribution >= 0.6 is 0 Å². The molecule has 28 heavy (non-hydrogen) atoms. The predicted octanol–water partition coefficient (Wildman–Crippen LogP) is 4.42. The fraction of sp³-hybridized carbons (Fsp3) is 0.182. The first kappa shape index (κ1) is 19.2. The van der Waals surface area contributed by atoms with Crippen molar-refractivity contribution >= 4 is 23.2 Å². The van der Waals surface area contributed by atoms with Gasteiger partial charge in [0.2, 0.25) is 0 Å². The van der Waals surface area contributed by atoms with Crippen LogP contribution in [0, 0.1) is 0 Å². The number of aromatic nitrogens is 2. The maximum Gasteiger partial charge on any atom is 0.274 e. The van der Waals surface area contributed by atoms with Gasteiger partial charge in [0, 0.05) is 28.9 Å². The van der Waals surface area contributed by atoms with E-state index in [0.29, 0.717) is 22.9 Å². The minimum atomic E-state index is -0.368. The molecule has 6 nitrogen and oxygen atoms in total. The van der Waals surface area contributed by atoms with E-state index in [1.807, 2.05) is 44.2 Å². The topological polar surface area (TPSA) is 84.0 Å². The Morgan fingerprint density at radius 2 is 1.68 bits per heavy atom. The van der Waals surface area contributed by atoms with E-state index in [1.54, 1.807) is 30.3 Å². The lowest BCUT2D eigenvalue weighted by molar-refractivity contribution is 0.100. The average molecular weight is 374 g/mol. The van der Waals surface area contributed by atoms with Gasteiger partial charge in [-0.05, 0) is 32.9 Å². The Balaban J connectivity index is 1.94. The zero-order chi connectivity index (χ0) is 20.1. The fourth-order valence-electron chi connectivity index (χ4n) is 2.66. The molecule has 2 N–H and O–H groups in total. The summed E-state index contributed by atoms with van der Waals surface area (Å²) >= 11 is 0. The standard InChI is InChI=1S/C22H22N4O2/c1-14(2)23-20-13-19(25-21(26-20)16-8-5-4-6-9-16)22(28)24-18-11-7-10-17(12-18)15(3)27/h4-14H,1-3H3,(H,24,28)(H,23,25,26). The van der Waals surface area contributed by atoms with Crippen LogP contribution in [-0.2, 0) is 0 Å². The number of Topliss-reactive ketones (excluding diaryl/α,β-unsaturated/α-hetero) is 1. The minimum absolute atomic E-state index is 0.0621. The van der Waals surface area contributed by atoms with E-state index >= 15 is 0 Å². The summed E-state index contributed by atoms with van der Waals surface area (Å²) in [6.07, 6.45) is 0. The summed E-state index contributed by atoms with van der Waals surface area (Å²) in [5, 5.41) is 6.03. The molecule has 0 aliphatic carbocycles. The van der Waals surface area contributed by atoms with Crippen LogP contribution < -0.4 is 10.6 Å². The van der Waals surface area contributed by atoms with Crippen molar-refractivity contribution < 1.29 is 9.59 Å². The fourth-order valence-corrected chi connectivity index (χ4v) is 2.66. The molecule has 0 radical (unpaired) electrons. The lowest BCUT2D eigenvalue weighted by Gasteiger charge is -2.13. The van der Waals surface area contributed by atoms with Gasteiger partial charge in [-0.1, -0.05) is 42.5 Å². The molecule has 0 unspecified atom stereocenters. The van der Waals surface area contributed by atoms with Crippen LogP contribution in [0.15, 0.2) is 60.7 Å². The molecular weight excluding hydrogens is 352 g/mol. The Morgan fingerprint density at radius 3 is 2.36 bits per heavy atom. The third-order valence-electron chi connectivity index (χ3n) is 3.95. The van der Waals surface area contributed by atoms with Gasteiger partial charge in [0.15, 0.2) is 11.6 Å². The summed E-state index contributed by atoms with van der Waals surface area (Å²) < 4.78 is 0. The van der Waals surface area contributed by atoms with Crippen LogP contribution in [0.25, 0.3) is 11.4 Å². The average Bonchev–Trinajstić information content (AvgIpc) is 2.68. The first-order chi connectivity index (χ1) is 13.4. The third-order valence-corrected chi connectivity index (χ3v) is 3.95. The quantitative estimate of drug-likeness (QED) is 0.624. The molecule has 0 saturated carbocycles. The largest absolute Gasteiger partial charge is 0.368 e. The number of nitrogens with one attached hydrogen (secondary N) is 2. The van der Waals surface area contributed by atoms with Crippen LogP contribution in [0.4, 0.5) is 11.5 Å². The smallest absolute Gasteiger partial charge is 0.274 e. The normalized spacial score (nSPS) is 10.6. The molecule has 0 atom stereocenters. The van der Waals surface area contributed by atoms with Crippen molar-refractivity contribution in [1.82, 2.24) is 9.97 Å². The second kappa shape index (κ2) is 8.43. The van der Waals surface area contributed by atoms with Crippen molar-refractivity contribution in [2.45, 2.75) is 26.8 Å². The second-order valence-corrected chi connectivity index (χ2v) is 6.72. The molecule has 2 aromatic carbocycles. The van der Waals surface area contributed by atoms with Crippen LogP contribution in [-0.4, -0.2) is 27.7 Å². The van der Waals surface area contributed by atoms with E-state index in [0.717, 1.165) is 5.56 Å². The molecular formula is C22H22N4O2. The van der Waals surface area contributed by atoms with Gasteiger partial charge in [0.05, 0.1) is 0 Å². The molecule has 3 rings (SSSR count). The van der Waals surface area contributed by atoms with Gasteiger partial charge in [0.25, 0.3) is 5.91 Å². The zero-order valence-electron chi connectivity index (χ0n) is 16.1. The van der Waals surface area contributed by atoms with E-state index in [2.05, 4.69) is 20.6 Å². The van der Waals surface area contributed by atoms with Gasteiger partial charge < -0.3 is 10.6 Å². The van der Waals surface area contributed by atoms with Crippen LogP contribution in [0.2, 0.25) is 0 Å². The zero-order valence-corrected chi connectivity index (χ0v) is 16.1. The first-order valence-corrected chi connectivity index (χ1v) is 9.06. The summed E-state index contributed by atoms with van der Waals surface area (Å²) in [4.78, 5) is 33.3. The maximum atomic E-state index is 12.8. The molecule has 0 saturated heterocycles. The van der Waals surface area contributed by atoms with Gasteiger partial charge in [-0.3, -0.25) is 9.59 Å². The summed E-state index contributed by atoms with van der Waals surface area (Å²) in [5.41, 5.74) is 2.14. The molecule has 1 amide bonds. The lowest BCUT2D eigenvalue weighted by Crippen LogP contribution is -2.17. The molecule has 6 heteroatoms. The Labute approximate surface area is 164 Å². The summed E-state index contributed by atoms with van der Waals surface area (Å²) in [5.74, 6) is 0.611. The number of anilines is 2. The van der Waals surface area contributed by atoms with E-state index in [9.17, 15) is 9.59 Å². The molecule has 0 spiro atoms. The lowest BCUT2D eigenvalue weighted by atomic mass is 10.1. The summed E-state index contributed by atoms with van der Waals surface area (Å²) in [7, 11) is 0. The predicted molar refractivity (Wildman–Crippen MR) is 111 cm³/mol. The number of hydrogen-bond donors (Lipinski definition) is 2. The third kappa shape index (κ3) is 4.79. The molecule has 0 aliphatic rings. The van der Waals surface area contributed by atoms with Crippen molar-refractivity contribution in [3.8, 4) is 11.4 Å². The van der Waals surface area contributed by atoms with Crippen molar-refractivity contribution in [1.29, 1.82) is 0 Å². The van der Waals surface area contributed by atoms with E-state index in [-0.39, 0.29) is 23.4 Å². The molecule has 142 valence electrons. The summed E-state index contributed by atoms with van der Waals surface area (Å²) in [6.45, 7) is 5.48. The van der Waals surface area contributed by atoms with Gasteiger partial charge in [-0.2, -0.15) is 0 Å². The molecule has 0 bridgehead atoms. The van der Waals surface area contributed by atoms with Crippen LogP contribution in [0.1, 0.15) is 41.6 Å². The highest BCUT2D eigenvalue weighted by Gasteiger charge is 2.14. The van der Waals surface area contributed by atoms with Gasteiger partial charge >= 0.3 is 0 Å². The number of rotatable bonds is 6. The molecule has 0 fully saturated rings. The maximum absolute atomic E-state index is 12.8. The highest BCUT2D eigenvalue weighted by Crippen LogP contribution is 2.19. The first-order valence-electron chi connectivity index (χ1n) is 9.06. The number of nitrogens with zero attached hydrogens (tertiary/aromatic N) is 2. The summed E-state index contributed by atoms with van der Waals surface area (Å²) in [6, 6.07) is 18.1. The van der Waals surface area contributed by atoms with Crippen LogP contribution in [0.3, 0.4) is 0 Å². The number of amides is 1. The number of ketones is 1. The van der Waals surface area contributed by atoms with Crippen molar-refractivity contribution in [2.24, 2.45) is 0 Å². The van der Waals surface area contributed by atoms with Gasteiger partial charge in [-0.15, -0.1) is 0 Å². The molecule has 1 heterocycles. The van der Waals surface area contributed by atoms with E-state index < -0.39 is 0 Å². The van der Waals surface area contributed by atoms with Crippen molar-refractivity contribution in [3.63, 3.8) is 0 Å². The van der Waals surface area contributed by atoms with E-state index in [4.69, 9.17) is 0 Å². The SMILES string of the molecule is CC(=O)c1cccc(NC(=O)c2cc(NC(C)C)nc(-c3ccccc3)n2)c1. The number of benzene rings is 2. The molecule has 0 aliphatic heterocycles. The monoisotopic (exact) mass is 374 g/mol. The molecule has 1 aromatic heterocycles. The number of carbonyl (C=O) groups excluding carboxylic acids is 2. The highest BCUT2D eigenvalue weighted by molar-refractivity contribution is 6.04. The van der Waals surface area contributed by atoms with E-state index in [1.165, 1.54) is 6.92 Å². The molecule has 3 aromatic rings. The van der Waals surface area contributed by atoms with Gasteiger partial charge in [-0.25, -0.2) is 9.97 Å².